The summed E-state index contributed by atoms with van der Waals surface area (Å²) >= 11 is 0. The molecule has 1 aromatic heterocycles. The van der Waals surface area contributed by atoms with Crippen molar-refractivity contribution >= 4 is 11.1 Å². The smallest absolute Gasteiger partial charge is 0.181 e. The first-order valence-electron chi connectivity index (χ1n) is 4.67. The molecule has 0 spiro atoms. The van der Waals surface area contributed by atoms with E-state index in [9.17, 15) is 0 Å². The Kier molecular flexibility index (Phi) is 2.68. The number of nitrogens with zero attached hydrogens (tertiary/aromatic N) is 1. The number of aliphatic hydroxyl groups excluding tert-OH is 1. The Bertz CT molecular complexity index is 455. The van der Waals surface area contributed by atoms with Crippen molar-refractivity contribution in [2.45, 2.75) is 12.1 Å². The Morgan fingerprint density at radius 1 is 1.40 bits per heavy atom. The summed E-state index contributed by atoms with van der Waals surface area (Å²) < 4.78 is 5.15. The lowest BCUT2D eigenvalue weighted by Gasteiger charge is -2.17. The highest BCUT2D eigenvalue weighted by molar-refractivity contribution is 5.72. The Labute approximate surface area is 86.7 Å². The second-order valence-corrected chi connectivity index (χ2v) is 3.45. The van der Waals surface area contributed by atoms with E-state index in [-0.39, 0.29) is 6.61 Å². The molecule has 0 radical (unpaired) electrons. The van der Waals surface area contributed by atoms with Crippen molar-refractivity contribution in [3.63, 3.8) is 0 Å². The lowest BCUT2D eigenvalue weighted by molar-refractivity contribution is 0.250. The maximum atomic E-state index is 8.90. The van der Waals surface area contributed by atoms with E-state index in [1.165, 1.54) is 6.39 Å². The van der Waals surface area contributed by atoms with Gasteiger partial charge in [-0.15, -0.1) is 0 Å². The molecule has 0 saturated carbocycles. The highest BCUT2D eigenvalue weighted by Gasteiger charge is 2.15. The van der Waals surface area contributed by atoms with E-state index in [0.717, 1.165) is 11.1 Å². The second kappa shape index (κ2) is 3.98. The number of fused-ring (bicyclic) bond motifs is 1. The Balaban J connectivity index is 2.35. The molecular weight excluding hydrogens is 194 g/mol. The summed E-state index contributed by atoms with van der Waals surface area (Å²) in [7, 11) is 0. The lowest BCUT2D eigenvalue weighted by Crippen LogP contribution is -2.37. The van der Waals surface area contributed by atoms with E-state index in [1.54, 1.807) is 6.07 Å². The first-order chi connectivity index (χ1) is 7.22. The molecular formula is C10H13N3O2. The molecule has 0 bridgehead atoms. The molecule has 0 fully saturated rings. The summed E-state index contributed by atoms with van der Waals surface area (Å²) in [5, 5.41) is 8.90. The first-order valence-corrected chi connectivity index (χ1v) is 4.67. The van der Waals surface area contributed by atoms with Gasteiger partial charge in [0, 0.05) is 12.1 Å². The van der Waals surface area contributed by atoms with Crippen LogP contribution in [0.3, 0.4) is 0 Å². The Morgan fingerprint density at radius 3 is 2.93 bits per heavy atom. The molecule has 1 aromatic carbocycles. The summed E-state index contributed by atoms with van der Waals surface area (Å²) in [4.78, 5) is 4.00. The fourth-order valence-electron chi connectivity index (χ4n) is 1.44. The molecule has 5 heteroatoms. The van der Waals surface area contributed by atoms with Crippen LogP contribution in [0.15, 0.2) is 29.0 Å². The van der Waals surface area contributed by atoms with E-state index in [1.807, 2.05) is 12.1 Å². The van der Waals surface area contributed by atoms with Crippen molar-refractivity contribution in [2.75, 3.05) is 6.61 Å². The molecule has 2 aromatic rings. The minimum absolute atomic E-state index is 0.143. The van der Waals surface area contributed by atoms with E-state index in [4.69, 9.17) is 21.0 Å². The molecule has 1 heterocycles. The summed E-state index contributed by atoms with van der Waals surface area (Å²) in [6, 6.07) is 4.58. The summed E-state index contributed by atoms with van der Waals surface area (Å²) in [5.41, 5.74) is 13.8. The van der Waals surface area contributed by atoms with Crippen LogP contribution in [-0.2, 0) is 0 Å². The van der Waals surface area contributed by atoms with Crippen LogP contribution in [0, 0.1) is 0 Å². The van der Waals surface area contributed by atoms with Gasteiger partial charge in [-0.1, -0.05) is 6.07 Å². The quantitative estimate of drug-likeness (QED) is 0.665. The van der Waals surface area contributed by atoms with Gasteiger partial charge in [0.2, 0.25) is 0 Å². The maximum absolute atomic E-state index is 8.90. The number of benzene rings is 1. The fraction of sp³-hybridized carbons (Fsp3) is 0.300. The van der Waals surface area contributed by atoms with Gasteiger partial charge in [0.25, 0.3) is 0 Å². The largest absolute Gasteiger partial charge is 0.443 e. The minimum atomic E-state index is -0.467. The molecule has 0 saturated heterocycles. The van der Waals surface area contributed by atoms with Gasteiger partial charge >= 0.3 is 0 Å². The van der Waals surface area contributed by atoms with Crippen LogP contribution in [0.5, 0.6) is 0 Å². The van der Waals surface area contributed by atoms with Gasteiger partial charge < -0.3 is 21.0 Å². The SMILES string of the molecule is NC(CO)C(N)c1ccc2ncoc2c1. The number of rotatable bonds is 3. The van der Waals surface area contributed by atoms with Crippen LogP contribution in [-0.4, -0.2) is 22.7 Å². The topological polar surface area (TPSA) is 98.3 Å². The predicted molar refractivity (Wildman–Crippen MR) is 56.0 cm³/mol. The molecule has 2 rings (SSSR count). The highest BCUT2D eigenvalue weighted by atomic mass is 16.3. The van der Waals surface area contributed by atoms with Crippen molar-refractivity contribution in [3.05, 3.63) is 30.2 Å². The van der Waals surface area contributed by atoms with E-state index < -0.39 is 12.1 Å². The van der Waals surface area contributed by atoms with E-state index in [2.05, 4.69) is 4.98 Å². The zero-order valence-corrected chi connectivity index (χ0v) is 8.13. The van der Waals surface area contributed by atoms with Crippen molar-refractivity contribution in [1.29, 1.82) is 0 Å². The average molecular weight is 207 g/mol. The van der Waals surface area contributed by atoms with Crippen molar-refractivity contribution in [2.24, 2.45) is 11.5 Å². The number of oxazole rings is 1. The van der Waals surface area contributed by atoms with Crippen molar-refractivity contribution in [3.8, 4) is 0 Å². The Hall–Kier alpha value is -1.43. The number of aromatic nitrogens is 1. The highest BCUT2D eigenvalue weighted by Crippen LogP contribution is 2.19. The van der Waals surface area contributed by atoms with E-state index >= 15 is 0 Å². The zero-order chi connectivity index (χ0) is 10.8. The Morgan fingerprint density at radius 2 is 2.20 bits per heavy atom. The number of hydrogen-bond acceptors (Lipinski definition) is 5. The van der Waals surface area contributed by atoms with Gasteiger partial charge in [0.15, 0.2) is 12.0 Å². The molecule has 80 valence electrons. The summed E-state index contributed by atoms with van der Waals surface area (Å²) in [6.45, 7) is -0.143. The van der Waals surface area contributed by atoms with Crippen LogP contribution >= 0.6 is 0 Å². The van der Waals surface area contributed by atoms with Gasteiger partial charge in [-0.25, -0.2) is 4.98 Å². The third-order valence-electron chi connectivity index (χ3n) is 2.41. The van der Waals surface area contributed by atoms with Crippen molar-refractivity contribution in [1.82, 2.24) is 4.98 Å². The van der Waals surface area contributed by atoms with Crippen LogP contribution in [0.25, 0.3) is 11.1 Å². The van der Waals surface area contributed by atoms with E-state index in [0.29, 0.717) is 5.58 Å². The van der Waals surface area contributed by atoms with Crippen LogP contribution in [0.2, 0.25) is 0 Å². The molecule has 5 N–H and O–H groups in total. The van der Waals surface area contributed by atoms with Gasteiger partial charge in [0.05, 0.1) is 6.61 Å². The van der Waals surface area contributed by atoms with Crippen LogP contribution in [0.1, 0.15) is 11.6 Å². The number of hydrogen-bond donors (Lipinski definition) is 3. The molecule has 0 aliphatic heterocycles. The van der Waals surface area contributed by atoms with Crippen LogP contribution < -0.4 is 11.5 Å². The standard InChI is InChI=1S/C10H13N3O2/c11-7(4-14)10(12)6-1-2-8-9(3-6)15-5-13-8/h1-3,5,7,10,14H,4,11-12H2. The number of aliphatic hydroxyl groups is 1. The van der Waals surface area contributed by atoms with Gasteiger partial charge in [-0.3, -0.25) is 0 Å². The fourth-order valence-corrected chi connectivity index (χ4v) is 1.44. The average Bonchev–Trinajstić information content (AvgIpc) is 2.73. The third-order valence-corrected chi connectivity index (χ3v) is 2.41. The zero-order valence-electron chi connectivity index (χ0n) is 8.13. The van der Waals surface area contributed by atoms with Crippen LogP contribution in [0.4, 0.5) is 0 Å². The summed E-state index contributed by atoms with van der Waals surface area (Å²) in [5.74, 6) is 0. The monoisotopic (exact) mass is 207 g/mol. The summed E-state index contributed by atoms with van der Waals surface area (Å²) in [6.07, 6.45) is 1.38. The predicted octanol–water partition coefficient (Wildman–Crippen LogP) is 0.147. The first kappa shape index (κ1) is 10.1. The molecule has 0 aliphatic carbocycles. The maximum Gasteiger partial charge on any atom is 0.181 e. The van der Waals surface area contributed by atoms with Gasteiger partial charge in [-0.2, -0.15) is 0 Å². The number of nitrogens with two attached hydrogens (primary N) is 2. The molecule has 2 atom stereocenters. The molecule has 0 aliphatic rings. The molecule has 15 heavy (non-hydrogen) atoms. The second-order valence-electron chi connectivity index (χ2n) is 3.45. The van der Waals surface area contributed by atoms with Gasteiger partial charge in [0.1, 0.15) is 5.52 Å². The lowest BCUT2D eigenvalue weighted by atomic mass is 10.0. The van der Waals surface area contributed by atoms with Crippen molar-refractivity contribution < 1.29 is 9.52 Å². The molecule has 0 amide bonds. The van der Waals surface area contributed by atoms with Gasteiger partial charge in [-0.05, 0) is 17.7 Å². The normalized spacial score (nSPS) is 15.4. The molecule has 5 nitrogen and oxygen atoms in total. The minimum Gasteiger partial charge on any atom is -0.443 e. The third kappa shape index (κ3) is 1.85. The molecule has 2 unspecified atom stereocenters.